The number of carboxylic acid groups (broad SMARTS) is 1. The molecule has 6 heteroatoms. The van der Waals surface area contributed by atoms with Crippen LogP contribution in [0.3, 0.4) is 0 Å². The van der Waals surface area contributed by atoms with Gasteiger partial charge in [-0.3, -0.25) is 9.59 Å². The number of carboxylic acids is 1. The second kappa shape index (κ2) is 7.77. The number of rotatable bonds is 8. The molecule has 24 heavy (non-hydrogen) atoms. The summed E-state index contributed by atoms with van der Waals surface area (Å²) in [5.41, 5.74) is -0.00657. The van der Waals surface area contributed by atoms with Crippen LogP contribution in [-0.4, -0.2) is 28.5 Å². The Hall–Kier alpha value is -2.63. The molecule has 0 aliphatic heterocycles. The first-order valence-electron chi connectivity index (χ1n) is 7.89. The molecule has 0 unspecified atom stereocenters. The van der Waals surface area contributed by atoms with Crippen LogP contribution >= 0.6 is 0 Å². The molecule has 6 nitrogen and oxygen atoms in total. The van der Waals surface area contributed by atoms with E-state index in [9.17, 15) is 9.59 Å². The molecule has 2 N–H and O–H groups in total. The molecule has 2 aromatic rings. The van der Waals surface area contributed by atoms with Crippen LogP contribution in [0, 0.1) is 5.41 Å². The van der Waals surface area contributed by atoms with Crippen LogP contribution < -0.4 is 5.32 Å². The fourth-order valence-electron chi connectivity index (χ4n) is 2.05. The minimum atomic E-state index is -0.969. The van der Waals surface area contributed by atoms with E-state index >= 15 is 0 Å². The number of carbonyl (C=O) groups is 2. The number of aryl methyl sites for hydroxylation is 1. The lowest BCUT2D eigenvalue weighted by molar-refractivity contribution is -0.146. The van der Waals surface area contributed by atoms with Crippen molar-refractivity contribution in [2.24, 2.45) is 5.41 Å². The van der Waals surface area contributed by atoms with Gasteiger partial charge in [-0.1, -0.05) is 30.3 Å². The van der Waals surface area contributed by atoms with Crippen molar-refractivity contribution in [3.8, 4) is 11.3 Å². The molecule has 1 heterocycles. The van der Waals surface area contributed by atoms with Gasteiger partial charge >= 0.3 is 5.97 Å². The van der Waals surface area contributed by atoms with Crippen molar-refractivity contribution in [3.63, 3.8) is 0 Å². The summed E-state index contributed by atoms with van der Waals surface area (Å²) in [7, 11) is 0. The number of hydrogen-bond donors (Lipinski definition) is 2. The zero-order valence-corrected chi connectivity index (χ0v) is 13.9. The van der Waals surface area contributed by atoms with E-state index in [1.807, 2.05) is 30.3 Å². The summed E-state index contributed by atoms with van der Waals surface area (Å²) < 4.78 is 5.68. The molecular formula is C18H22N2O4. The predicted octanol–water partition coefficient (Wildman–Crippen LogP) is 2.89. The average Bonchev–Trinajstić information content (AvgIpc) is 3.03. The Labute approximate surface area is 140 Å². The predicted molar refractivity (Wildman–Crippen MR) is 89.3 cm³/mol. The van der Waals surface area contributed by atoms with Crippen LogP contribution in [0.5, 0.6) is 0 Å². The van der Waals surface area contributed by atoms with Crippen LogP contribution in [0.4, 0.5) is 0 Å². The summed E-state index contributed by atoms with van der Waals surface area (Å²) in [5, 5.41) is 11.7. The number of aromatic nitrogens is 1. The first kappa shape index (κ1) is 17.7. The van der Waals surface area contributed by atoms with E-state index in [2.05, 4.69) is 10.3 Å². The number of benzene rings is 1. The molecule has 0 bridgehead atoms. The quantitative estimate of drug-likeness (QED) is 0.776. The van der Waals surface area contributed by atoms with Gasteiger partial charge in [0.25, 0.3) is 0 Å². The molecule has 0 saturated carbocycles. The second-order valence-electron chi connectivity index (χ2n) is 6.30. The fourth-order valence-corrected chi connectivity index (χ4v) is 2.05. The molecule has 1 aromatic heterocycles. The Morgan fingerprint density at radius 1 is 1.25 bits per heavy atom. The van der Waals surface area contributed by atoms with Crippen molar-refractivity contribution in [2.75, 3.05) is 6.54 Å². The molecule has 1 amide bonds. The molecule has 0 aliphatic rings. The van der Waals surface area contributed by atoms with E-state index < -0.39 is 11.4 Å². The highest BCUT2D eigenvalue weighted by Gasteiger charge is 2.27. The Morgan fingerprint density at radius 2 is 1.96 bits per heavy atom. The Morgan fingerprint density at radius 3 is 2.62 bits per heavy atom. The summed E-state index contributed by atoms with van der Waals surface area (Å²) in [6, 6.07) is 9.69. The van der Waals surface area contributed by atoms with Crippen LogP contribution in [-0.2, 0) is 16.0 Å². The smallest absolute Gasteiger partial charge is 0.310 e. The van der Waals surface area contributed by atoms with Gasteiger partial charge in [-0.25, -0.2) is 4.98 Å². The maximum absolute atomic E-state index is 11.8. The topological polar surface area (TPSA) is 92.4 Å². The third kappa shape index (κ3) is 4.94. The van der Waals surface area contributed by atoms with Crippen molar-refractivity contribution in [1.82, 2.24) is 10.3 Å². The van der Waals surface area contributed by atoms with Crippen LogP contribution in [0.25, 0.3) is 11.3 Å². The number of aliphatic carboxylic acids is 1. The van der Waals surface area contributed by atoms with Crippen molar-refractivity contribution in [1.29, 1.82) is 0 Å². The highest BCUT2D eigenvalue weighted by Crippen LogP contribution is 2.20. The van der Waals surface area contributed by atoms with Gasteiger partial charge in [0, 0.05) is 24.9 Å². The highest BCUT2D eigenvalue weighted by molar-refractivity contribution is 5.78. The summed E-state index contributed by atoms with van der Waals surface area (Å²) in [4.78, 5) is 27.0. The van der Waals surface area contributed by atoms with Gasteiger partial charge in [-0.05, 0) is 20.3 Å². The van der Waals surface area contributed by atoms with Crippen LogP contribution in [0.2, 0.25) is 0 Å². The molecule has 0 saturated heterocycles. The SMILES string of the molecule is CC(C)(CNC(=O)CCCc1ncc(-c2ccccc2)o1)C(=O)O. The van der Waals surface area contributed by atoms with Gasteiger partial charge in [0.05, 0.1) is 11.6 Å². The van der Waals surface area contributed by atoms with Crippen LogP contribution in [0.1, 0.15) is 32.6 Å². The van der Waals surface area contributed by atoms with Gasteiger partial charge in [0.15, 0.2) is 11.7 Å². The normalized spacial score (nSPS) is 11.2. The number of amides is 1. The minimum absolute atomic E-state index is 0.109. The van der Waals surface area contributed by atoms with Crippen LogP contribution in [0.15, 0.2) is 40.9 Å². The average molecular weight is 330 g/mol. The molecule has 0 aliphatic carbocycles. The number of nitrogens with zero attached hydrogens (tertiary/aromatic N) is 1. The Bertz CT molecular complexity index is 692. The van der Waals surface area contributed by atoms with Crippen molar-refractivity contribution in [2.45, 2.75) is 33.1 Å². The third-order valence-corrected chi connectivity index (χ3v) is 3.71. The lowest BCUT2D eigenvalue weighted by Gasteiger charge is -2.19. The number of oxazole rings is 1. The minimum Gasteiger partial charge on any atom is -0.481 e. The fraction of sp³-hybridized carbons (Fsp3) is 0.389. The zero-order valence-electron chi connectivity index (χ0n) is 13.9. The monoisotopic (exact) mass is 330 g/mol. The first-order chi connectivity index (χ1) is 11.4. The standard InChI is InChI=1S/C18H22N2O4/c1-18(2,17(22)23)12-20-15(21)9-6-10-16-19-11-14(24-16)13-7-4-3-5-8-13/h3-5,7-8,11H,6,9-10,12H2,1-2H3,(H,20,21)(H,22,23). The molecule has 1 aromatic carbocycles. The summed E-state index contributed by atoms with van der Waals surface area (Å²) in [6.45, 7) is 3.26. The highest BCUT2D eigenvalue weighted by atomic mass is 16.4. The van der Waals surface area contributed by atoms with Gasteiger partial charge in [-0.2, -0.15) is 0 Å². The van der Waals surface area contributed by atoms with Gasteiger partial charge in [0.2, 0.25) is 5.91 Å². The molecule has 0 atom stereocenters. The number of hydrogen-bond acceptors (Lipinski definition) is 4. The molecule has 128 valence electrons. The lowest BCUT2D eigenvalue weighted by Crippen LogP contribution is -2.38. The molecule has 0 radical (unpaired) electrons. The van der Waals surface area contributed by atoms with Crippen molar-refractivity contribution < 1.29 is 19.1 Å². The maximum Gasteiger partial charge on any atom is 0.310 e. The largest absolute Gasteiger partial charge is 0.481 e. The zero-order chi connectivity index (χ0) is 17.6. The van der Waals surface area contributed by atoms with Crippen molar-refractivity contribution in [3.05, 3.63) is 42.4 Å². The van der Waals surface area contributed by atoms with E-state index in [1.54, 1.807) is 20.0 Å². The van der Waals surface area contributed by atoms with Gasteiger partial charge in [0.1, 0.15) is 0 Å². The van der Waals surface area contributed by atoms with E-state index in [4.69, 9.17) is 9.52 Å². The Kier molecular flexibility index (Phi) is 5.73. The summed E-state index contributed by atoms with van der Waals surface area (Å²) in [6.07, 6.45) is 3.13. The molecule has 2 rings (SSSR count). The number of nitrogens with one attached hydrogen (secondary N) is 1. The summed E-state index contributed by atoms with van der Waals surface area (Å²) in [5.74, 6) is 0.195. The van der Waals surface area contributed by atoms with Gasteiger partial charge < -0.3 is 14.8 Å². The van der Waals surface area contributed by atoms with Crippen molar-refractivity contribution >= 4 is 11.9 Å². The molecular weight excluding hydrogens is 308 g/mol. The van der Waals surface area contributed by atoms with E-state index in [-0.39, 0.29) is 12.5 Å². The third-order valence-electron chi connectivity index (χ3n) is 3.71. The number of carbonyl (C=O) groups excluding carboxylic acids is 1. The molecule has 0 spiro atoms. The summed E-state index contributed by atoms with van der Waals surface area (Å²) >= 11 is 0. The second-order valence-corrected chi connectivity index (χ2v) is 6.30. The Balaban J connectivity index is 1.76. The van der Waals surface area contributed by atoms with E-state index in [0.717, 1.165) is 5.56 Å². The maximum atomic E-state index is 11.8. The molecule has 0 fully saturated rings. The van der Waals surface area contributed by atoms with E-state index in [1.165, 1.54) is 0 Å². The lowest BCUT2D eigenvalue weighted by atomic mass is 9.94. The van der Waals surface area contributed by atoms with Gasteiger partial charge in [-0.15, -0.1) is 0 Å². The first-order valence-corrected chi connectivity index (χ1v) is 7.89. The van der Waals surface area contributed by atoms with E-state index in [0.29, 0.717) is 30.9 Å².